The van der Waals surface area contributed by atoms with Crippen molar-refractivity contribution < 1.29 is 24.5 Å². The Morgan fingerprint density at radius 3 is 2.53 bits per heavy atom. The Labute approximate surface area is 178 Å². The maximum Gasteiger partial charge on any atom is 0.304 e. The van der Waals surface area contributed by atoms with E-state index in [4.69, 9.17) is 9.84 Å². The predicted molar refractivity (Wildman–Crippen MR) is 114 cm³/mol. The number of carboxylic acids is 1. The molecule has 0 radical (unpaired) electrons. The van der Waals surface area contributed by atoms with E-state index in [-0.39, 0.29) is 31.8 Å². The zero-order valence-corrected chi connectivity index (χ0v) is 17.3. The lowest BCUT2D eigenvalue weighted by Crippen LogP contribution is -2.35. The van der Waals surface area contributed by atoms with Crippen LogP contribution in [0.25, 0.3) is 10.2 Å². The van der Waals surface area contributed by atoms with Crippen molar-refractivity contribution in [3.05, 3.63) is 58.6 Å². The van der Waals surface area contributed by atoms with Crippen LogP contribution in [0.15, 0.2) is 42.5 Å². The lowest BCUT2D eigenvalue weighted by Gasteiger charge is -2.25. The fourth-order valence-corrected chi connectivity index (χ4v) is 5.20. The van der Waals surface area contributed by atoms with Gasteiger partial charge in [-0.25, -0.2) is 4.98 Å². The summed E-state index contributed by atoms with van der Waals surface area (Å²) in [6.45, 7) is 0.190. The molecule has 6 nitrogen and oxygen atoms in total. The molecule has 3 aromatic rings. The highest BCUT2D eigenvalue weighted by atomic mass is 32.1. The third-order valence-electron chi connectivity index (χ3n) is 5.59. The number of aliphatic hydroxyl groups is 1. The van der Waals surface area contributed by atoms with Crippen molar-refractivity contribution in [1.82, 2.24) is 4.98 Å². The number of rotatable bonds is 9. The molecule has 4 rings (SSSR count). The molecule has 156 valence electrons. The van der Waals surface area contributed by atoms with Crippen LogP contribution in [0, 0.1) is 5.41 Å². The number of aryl methyl sites for hydroxylation is 1. The molecule has 30 heavy (non-hydrogen) atoms. The molecule has 2 aromatic carbocycles. The zero-order chi connectivity index (χ0) is 21.1. The van der Waals surface area contributed by atoms with E-state index >= 15 is 0 Å². The van der Waals surface area contributed by atoms with Gasteiger partial charge in [-0.1, -0.05) is 24.3 Å². The van der Waals surface area contributed by atoms with Crippen LogP contribution in [-0.2, 0) is 28.9 Å². The van der Waals surface area contributed by atoms with E-state index in [1.165, 1.54) is 11.3 Å². The van der Waals surface area contributed by atoms with Crippen LogP contribution in [0.5, 0.6) is 5.75 Å². The van der Waals surface area contributed by atoms with Crippen molar-refractivity contribution in [3.63, 3.8) is 0 Å². The largest absolute Gasteiger partial charge is 0.491 e. The summed E-state index contributed by atoms with van der Waals surface area (Å²) in [5, 5.41) is 19.2. The fourth-order valence-electron chi connectivity index (χ4n) is 4.20. The van der Waals surface area contributed by atoms with Gasteiger partial charge in [-0.3, -0.25) is 9.59 Å². The van der Waals surface area contributed by atoms with Gasteiger partial charge >= 0.3 is 5.97 Å². The lowest BCUT2D eigenvalue weighted by atomic mass is 9.76. The van der Waals surface area contributed by atoms with Crippen LogP contribution in [-0.4, -0.2) is 40.2 Å². The second-order valence-electron chi connectivity index (χ2n) is 7.71. The Morgan fingerprint density at radius 2 is 1.87 bits per heavy atom. The Bertz CT molecular complexity index is 1070. The molecular weight excluding hydrogens is 402 g/mol. The molecule has 0 aliphatic heterocycles. The van der Waals surface area contributed by atoms with Gasteiger partial charge in [0.2, 0.25) is 0 Å². The van der Waals surface area contributed by atoms with E-state index in [0.717, 1.165) is 26.4 Å². The number of hydrogen-bond acceptors (Lipinski definition) is 6. The lowest BCUT2D eigenvalue weighted by molar-refractivity contribution is -0.144. The Kier molecular flexibility index (Phi) is 5.83. The van der Waals surface area contributed by atoms with Crippen molar-refractivity contribution in [3.8, 4) is 5.75 Å². The summed E-state index contributed by atoms with van der Waals surface area (Å²) in [7, 11) is 0. The zero-order valence-electron chi connectivity index (χ0n) is 16.5. The third-order valence-corrected chi connectivity index (χ3v) is 6.67. The minimum Gasteiger partial charge on any atom is -0.491 e. The number of Topliss-reactive ketones (excluding diaryl/α,β-unsaturated/α-hetero) is 1. The average Bonchev–Trinajstić information content (AvgIpc) is 3.30. The number of aliphatic hydroxyl groups excluding tert-OH is 1. The summed E-state index contributed by atoms with van der Waals surface area (Å²) < 4.78 is 6.40. The van der Waals surface area contributed by atoms with Gasteiger partial charge in [0.1, 0.15) is 18.1 Å². The number of aliphatic carboxylic acids is 1. The number of ketones is 1. The van der Waals surface area contributed by atoms with Gasteiger partial charge < -0.3 is 14.9 Å². The van der Waals surface area contributed by atoms with E-state index in [1.54, 1.807) is 0 Å². The van der Waals surface area contributed by atoms with Gasteiger partial charge in [0.05, 0.1) is 28.3 Å². The second kappa shape index (κ2) is 8.53. The van der Waals surface area contributed by atoms with Gasteiger partial charge in [0.15, 0.2) is 0 Å². The van der Waals surface area contributed by atoms with Crippen LogP contribution in [0.4, 0.5) is 0 Å². The molecular formula is C23H23NO5S. The Hall–Kier alpha value is -2.77. The SMILES string of the molecule is O=C(O)CC1(C(=O)CCc2nc3ccc(OCCO)cc3s2)Cc2ccccc2C1. The summed E-state index contributed by atoms with van der Waals surface area (Å²) in [4.78, 5) is 29.3. The summed E-state index contributed by atoms with van der Waals surface area (Å²) in [6, 6.07) is 13.4. The molecule has 2 N–H and O–H groups in total. The topological polar surface area (TPSA) is 96.7 Å². The fraction of sp³-hybridized carbons (Fsp3) is 0.348. The smallest absolute Gasteiger partial charge is 0.304 e. The number of carbonyl (C=O) groups excluding carboxylic acids is 1. The molecule has 1 aromatic heterocycles. The molecule has 0 amide bonds. The van der Waals surface area contributed by atoms with Crippen molar-refractivity contribution in [2.45, 2.75) is 32.1 Å². The number of carbonyl (C=O) groups is 2. The van der Waals surface area contributed by atoms with Gasteiger partial charge in [0.25, 0.3) is 0 Å². The molecule has 0 saturated carbocycles. The van der Waals surface area contributed by atoms with Crippen molar-refractivity contribution in [2.75, 3.05) is 13.2 Å². The molecule has 0 unspecified atom stereocenters. The molecule has 1 aliphatic carbocycles. The highest BCUT2D eigenvalue weighted by Gasteiger charge is 2.44. The first-order chi connectivity index (χ1) is 14.5. The second-order valence-corrected chi connectivity index (χ2v) is 8.82. The molecule has 0 fully saturated rings. The number of benzene rings is 2. The molecule has 0 bridgehead atoms. The van der Waals surface area contributed by atoms with Gasteiger partial charge in [-0.05, 0) is 42.2 Å². The van der Waals surface area contributed by atoms with Gasteiger partial charge in [-0.15, -0.1) is 11.3 Å². The normalized spacial score (nSPS) is 14.6. The van der Waals surface area contributed by atoms with Crippen LogP contribution in [0.1, 0.15) is 29.0 Å². The number of aromatic nitrogens is 1. The molecule has 1 aliphatic rings. The van der Waals surface area contributed by atoms with Crippen LogP contribution in [0.3, 0.4) is 0 Å². The molecule has 7 heteroatoms. The number of thiazole rings is 1. The third kappa shape index (κ3) is 4.22. The quantitative estimate of drug-likeness (QED) is 0.545. The maximum absolute atomic E-state index is 13.2. The van der Waals surface area contributed by atoms with Crippen molar-refractivity contribution in [2.24, 2.45) is 5.41 Å². The monoisotopic (exact) mass is 425 g/mol. The standard InChI is InChI=1S/C23H23NO5S/c25-9-10-29-17-5-6-18-19(11-17)30-21(24-18)8-7-20(26)23(14-22(27)28)12-15-3-1-2-4-16(15)13-23/h1-6,11,25H,7-10,12-14H2,(H,27,28). The number of carboxylic acid groups (broad SMARTS) is 1. The summed E-state index contributed by atoms with van der Waals surface area (Å²) in [5.41, 5.74) is 2.12. The molecule has 0 atom stereocenters. The Morgan fingerprint density at radius 1 is 1.13 bits per heavy atom. The number of ether oxygens (including phenoxy) is 1. The van der Waals surface area contributed by atoms with E-state index < -0.39 is 11.4 Å². The van der Waals surface area contributed by atoms with Crippen LogP contribution in [0.2, 0.25) is 0 Å². The average molecular weight is 426 g/mol. The van der Waals surface area contributed by atoms with Crippen LogP contribution >= 0.6 is 11.3 Å². The minimum atomic E-state index is -0.938. The van der Waals surface area contributed by atoms with Gasteiger partial charge in [-0.2, -0.15) is 0 Å². The highest BCUT2D eigenvalue weighted by Crippen LogP contribution is 2.41. The number of fused-ring (bicyclic) bond motifs is 2. The summed E-state index contributed by atoms with van der Waals surface area (Å²) in [5.74, 6) is -0.272. The van der Waals surface area contributed by atoms with Crippen molar-refractivity contribution in [1.29, 1.82) is 0 Å². The van der Waals surface area contributed by atoms with E-state index in [2.05, 4.69) is 4.98 Å². The molecule has 0 saturated heterocycles. The first kappa shape index (κ1) is 20.5. The minimum absolute atomic E-state index is 0.00711. The van der Waals surface area contributed by atoms with E-state index in [9.17, 15) is 14.7 Å². The number of hydrogen-bond donors (Lipinski definition) is 2. The first-order valence-electron chi connectivity index (χ1n) is 9.94. The van der Waals surface area contributed by atoms with E-state index in [1.807, 2.05) is 42.5 Å². The maximum atomic E-state index is 13.2. The summed E-state index contributed by atoms with van der Waals surface area (Å²) >= 11 is 1.51. The highest BCUT2D eigenvalue weighted by molar-refractivity contribution is 7.18. The van der Waals surface area contributed by atoms with Crippen molar-refractivity contribution >= 4 is 33.3 Å². The first-order valence-corrected chi connectivity index (χ1v) is 10.8. The van der Waals surface area contributed by atoms with Gasteiger partial charge in [0, 0.05) is 18.3 Å². The van der Waals surface area contributed by atoms with E-state index in [0.29, 0.717) is 25.0 Å². The Balaban J connectivity index is 1.48. The molecule has 1 heterocycles. The number of nitrogens with zero attached hydrogens (tertiary/aromatic N) is 1. The molecule has 0 spiro atoms. The van der Waals surface area contributed by atoms with Crippen LogP contribution < -0.4 is 4.74 Å². The summed E-state index contributed by atoms with van der Waals surface area (Å²) in [6.07, 6.45) is 1.59. The predicted octanol–water partition coefficient (Wildman–Crippen LogP) is 3.43.